The Balaban J connectivity index is 1.85. The maximum atomic E-state index is 12.5. The van der Waals surface area contributed by atoms with Crippen LogP contribution in [0.2, 0.25) is 5.02 Å². The molecule has 1 aromatic carbocycles. The zero-order valence-corrected chi connectivity index (χ0v) is 16.3. The van der Waals surface area contributed by atoms with E-state index < -0.39 is 0 Å². The van der Waals surface area contributed by atoms with Crippen LogP contribution in [0.5, 0.6) is 0 Å². The van der Waals surface area contributed by atoms with Crippen LogP contribution in [0.1, 0.15) is 35.7 Å². The number of hydrogen-bond acceptors (Lipinski definition) is 4. The number of carbonyl (C=O) groups excluding carboxylic acids is 2. The number of fused-ring (bicyclic) bond motifs is 2. The van der Waals surface area contributed by atoms with Gasteiger partial charge in [-0.15, -0.1) is 0 Å². The van der Waals surface area contributed by atoms with E-state index >= 15 is 0 Å². The van der Waals surface area contributed by atoms with Crippen molar-refractivity contribution in [2.45, 2.75) is 25.2 Å². The Labute approximate surface area is 162 Å². The van der Waals surface area contributed by atoms with Gasteiger partial charge < -0.3 is 15.5 Å². The molecule has 0 unspecified atom stereocenters. The second kappa shape index (κ2) is 6.23. The Morgan fingerprint density at radius 3 is 2.63 bits per heavy atom. The standard InChI is InChI=1S/C20H21ClN4O2/c1-11(26)24-14-7-12(6-13(8-14)19(27)25(2)3)15-9-22-18-16(17(15)21)20(4-5-20)10-23-18/h6-9H,4-5,10H2,1-3H3,(H,22,23)(H,24,26). The summed E-state index contributed by atoms with van der Waals surface area (Å²) in [6.45, 7) is 2.31. The molecule has 2 amide bonds. The third-order valence-electron chi connectivity index (χ3n) is 5.21. The number of aromatic nitrogens is 1. The average Bonchev–Trinajstić information content (AvgIpc) is 3.28. The van der Waals surface area contributed by atoms with Crippen LogP contribution in [0.3, 0.4) is 0 Å². The fourth-order valence-corrected chi connectivity index (χ4v) is 4.12. The van der Waals surface area contributed by atoms with E-state index in [1.54, 1.807) is 32.4 Å². The van der Waals surface area contributed by atoms with Gasteiger partial charge in [-0.05, 0) is 36.6 Å². The highest BCUT2D eigenvalue weighted by Crippen LogP contribution is 2.57. The van der Waals surface area contributed by atoms with Crippen LogP contribution in [0, 0.1) is 0 Å². The molecule has 0 radical (unpaired) electrons. The van der Waals surface area contributed by atoms with Gasteiger partial charge in [-0.25, -0.2) is 4.98 Å². The lowest BCUT2D eigenvalue weighted by Crippen LogP contribution is -2.22. The van der Waals surface area contributed by atoms with Crippen molar-refractivity contribution in [2.24, 2.45) is 0 Å². The van der Waals surface area contributed by atoms with E-state index in [9.17, 15) is 9.59 Å². The molecule has 0 atom stereocenters. The molecule has 4 rings (SSSR count). The van der Waals surface area contributed by atoms with Crippen molar-refractivity contribution in [3.63, 3.8) is 0 Å². The fourth-order valence-electron chi connectivity index (χ4n) is 3.67. The van der Waals surface area contributed by atoms with Crippen molar-refractivity contribution in [2.75, 3.05) is 31.3 Å². The van der Waals surface area contributed by atoms with Crippen LogP contribution >= 0.6 is 11.6 Å². The van der Waals surface area contributed by atoms with Crippen LogP contribution in [-0.4, -0.2) is 42.3 Å². The maximum Gasteiger partial charge on any atom is 0.253 e. The molecule has 1 saturated carbocycles. The van der Waals surface area contributed by atoms with Gasteiger partial charge in [0.25, 0.3) is 5.91 Å². The third kappa shape index (κ3) is 3.04. The van der Waals surface area contributed by atoms with Gasteiger partial charge >= 0.3 is 0 Å². The van der Waals surface area contributed by atoms with Crippen molar-refractivity contribution in [3.8, 4) is 11.1 Å². The lowest BCUT2D eigenvalue weighted by molar-refractivity contribution is -0.114. The normalized spacial score (nSPS) is 15.9. The summed E-state index contributed by atoms with van der Waals surface area (Å²) in [6, 6.07) is 5.29. The van der Waals surface area contributed by atoms with E-state index in [1.807, 2.05) is 6.07 Å². The summed E-state index contributed by atoms with van der Waals surface area (Å²) in [6.07, 6.45) is 3.94. The second-order valence-corrected chi connectivity index (χ2v) is 7.90. The summed E-state index contributed by atoms with van der Waals surface area (Å²) in [5, 5.41) is 6.78. The predicted molar refractivity (Wildman–Crippen MR) is 106 cm³/mol. The number of halogens is 1. The van der Waals surface area contributed by atoms with Gasteiger partial charge in [-0.1, -0.05) is 11.6 Å². The lowest BCUT2D eigenvalue weighted by atomic mass is 9.95. The molecule has 2 aliphatic rings. The molecule has 140 valence electrons. The molecular formula is C20H21ClN4O2. The third-order valence-corrected chi connectivity index (χ3v) is 5.60. The minimum Gasteiger partial charge on any atom is -0.369 e. The van der Waals surface area contributed by atoms with Crippen LogP contribution in [-0.2, 0) is 10.2 Å². The van der Waals surface area contributed by atoms with Crippen LogP contribution in [0.4, 0.5) is 11.5 Å². The largest absolute Gasteiger partial charge is 0.369 e. The van der Waals surface area contributed by atoms with Crippen molar-refractivity contribution in [1.82, 2.24) is 9.88 Å². The van der Waals surface area contributed by atoms with Crippen molar-refractivity contribution in [1.29, 1.82) is 0 Å². The summed E-state index contributed by atoms with van der Waals surface area (Å²) in [7, 11) is 3.39. The first kappa shape index (κ1) is 17.8. The molecule has 6 nitrogen and oxygen atoms in total. The topological polar surface area (TPSA) is 74.3 Å². The smallest absolute Gasteiger partial charge is 0.253 e. The highest BCUT2D eigenvalue weighted by Gasteiger charge is 2.51. The van der Waals surface area contributed by atoms with Gasteiger partial charge in [0.1, 0.15) is 5.82 Å². The molecule has 1 aliphatic carbocycles. The molecule has 1 fully saturated rings. The van der Waals surface area contributed by atoms with Gasteiger partial charge in [0, 0.05) is 61.6 Å². The van der Waals surface area contributed by atoms with E-state index in [1.165, 1.54) is 11.8 Å². The zero-order chi connectivity index (χ0) is 19.3. The number of nitrogens with zero attached hydrogens (tertiary/aromatic N) is 2. The number of pyridine rings is 1. The molecule has 1 spiro atoms. The summed E-state index contributed by atoms with van der Waals surface area (Å²) < 4.78 is 0. The van der Waals surface area contributed by atoms with Crippen LogP contribution in [0.15, 0.2) is 24.4 Å². The van der Waals surface area contributed by atoms with E-state index in [-0.39, 0.29) is 17.2 Å². The van der Waals surface area contributed by atoms with Gasteiger partial charge in [-0.2, -0.15) is 0 Å². The Bertz CT molecular complexity index is 967. The molecule has 1 aliphatic heterocycles. The van der Waals surface area contributed by atoms with E-state index in [0.29, 0.717) is 16.3 Å². The Morgan fingerprint density at radius 2 is 2.00 bits per heavy atom. The molecule has 2 N–H and O–H groups in total. The van der Waals surface area contributed by atoms with Gasteiger partial charge in [0.2, 0.25) is 5.91 Å². The molecule has 0 saturated heterocycles. The number of hydrogen-bond donors (Lipinski definition) is 2. The van der Waals surface area contributed by atoms with Gasteiger partial charge in [0.05, 0.1) is 5.02 Å². The quantitative estimate of drug-likeness (QED) is 0.849. The first-order valence-electron chi connectivity index (χ1n) is 8.88. The molecule has 7 heteroatoms. The predicted octanol–water partition coefficient (Wildman–Crippen LogP) is 3.52. The molecule has 1 aromatic heterocycles. The molecule has 2 heterocycles. The monoisotopic (exact) mass is 384 g/mol. The number of rotatable bonds is 3. The van der Waals surface area contributed by atoms with E-state index in [4.69, 9.17) is 11.6 Å². The SMILES string of the molecule is CC(=O)Nc1cc(C(=O)N(C)C)cc(-c2cnc3c(c2Cl)C2(CC2)CN3)c1. The highest BCUT2D eigenvalue weighted by molar-refractivity contribution is 6.34. The van der Waals surface area contributed by atoms with Crippen molar-refractivity contribution >= 4 is 34.9 Å². The molecular weight excluding hydrogens is 364 g/mol. The summed E-state index contributed by atoms with van der Waals surface area (Å²) in [5.41, 5.74) is 3.75. The summed E-state index contributed by atoms with van der Waals surface area (Å²) in [5.74, 6) is 0.507. The second-order valence-electron chi connectivity index (χ2n) is 7.52. The maximum absolute atomic E-state index is 12.5. The van der Waals surface area contributed by atoms with Gasteiger partial charge in [-0.3, -0.25) is 9.59 Å². The zero-order valence-electron chi connectivity index (χ0n) is 15.5. The van der Waals surface area contributed by atoms with E-state index in [0.717, 1.165) is 41.9 Å². The molecule has 27 heavy (non-hydrogen) atoms. The van der Waals surface area contributed by atoms with Crippen molar-refractivity contribution in [3.05, 3.63) is 40.5 Å². The first-order valence-corrected chi connectivity index (χ1v) is 9.26. The molecule has 2 aromatic rings. The minimum atomic E-state index is -0.199. The highest BCUT2D eigenvalue weighted by atomic mass is 35.5. The summed E-state index contributed by atoms with van der Waals surface area (Å²) >= 11 is 6.80. The minimum absolute atomic E-state index is 0.104. The average molecular weight is 385 g/mol. The Hall–Kier alpha value is -2.60. The number of nitrogens with one attached hydrogen (secondary N) is 2. The summed E-state index contributed by atoms with van der Waals surface area (Å²) in [4.78, 5) is 30.1. The Kier molecular flexibility index (Phi) is 4.11. The Morgan fingerprint density at radius 1 is 1.26 bits per heavy atom. The van der Waals surface area contributed by atoms with E-state index in [2.05, 4.69) is 15.6 Å². The number of carbonyl (C=O) groups is 2. The number of amides is 2. The molecule has 0 bridgehead atoms. The number of benzene rings is 1. The first-order chi connectivity index (χ1) is 12.8. The fraction of sp³-hybridized carbons (Fsp3) is 0.350. The number of anilines is 2. The van der Waals surface area contributed by atoms with Crippen LogP contribution < -0.4 is 10.6 Å². The van der Waals surface area contributed by atoms with Gasteiger partial charge in [0.15, 0.2) is 0 Å². The van der Waals surface area contributed by atoms with Crippen molar-refractivity contribution < 1.29 is 9.59 Å². The van der Waals surface area contributed by atoms with Crippen LogP contribution in [0.25, 0.3) is 11.1 Å². The lowest BCUT2D eigenvalue weighted by Gasteiger charge is -2.16.